The van der Waals surface area contributed by atoms with E-state index in [1.54, 1.807) is 13.2 Å². The number of hydrogen-bond donors (Lipinski definition) is 0. The number of likely N-dealkylation sites (tertiary alicyclic amines) is 1. The number of allylic oxidation sites excluding steroid dienone is 2. The summed E-state index contributed by atoms with van der Waals surface area (Å²) in [7, 11) is 3.84. The Labute approximate surface area is 129 Å². The molecule has 2 aliphatic carbocycles. The molecule has 2 bridgehead atoms. The molecule has 1 spiro atoms. The van der Waals surface area contributed by atoms with Gasteiger partial charge in [-0.05, 0) is 49.7 Å². The normalized spacial score (nSPS) is 34.5. The first-order valence-electron chi connectivity index (χ1n) is 7.82. The van der Waals surface area contributed by atoms with E-state index in [2.05, 4.69) is 18.0 Å². The smallest absolute Gasteiger partial charge is 0.169 e. The van der Waals surface area contributed by atoms with Crippen LogP contribution >= 0.6 is 0 Å². The molecule has 1 saturated heterocycles. The van der Waals surface area contributed by atoms with Crippen molar-refractivity contribution in [2.45, 2.75) is 30.4 Å². The lowest BCUT2D eigenvalue weighted by Crippen LogP contribution is -2.58. The number of rotatable bonds is 1. The Morgan fingerprint density at radius 2 is 2.23 bits per heavy atom. The van der Waals surface area contributed by atoms with Crippen LogP contribution in [0.1, 0.15) is 17.5 Å². The maximum atomic E-state index is 14.4. The third-order valence-electron chi connectivity index (χ3n) is 5.92. The molecule has 0 aromatic heterocycles. The Morgan fingerprint density at radius 1 is 1.36 bits per heavy atom. The molecule has 2 heterocycles. The number of ether oxygens (including phenoxy) is 2. The lowest BCUT2D eigenvalue weighted by Gasteiger charge is -2.52. The van der Waals surface area contributed by atoms with Crippen LogP contribution in [0.4, 0.5) is 4.39 Å². The molecule has 3 atom stereocenters. The van der Waals surface area contributed by atoms with E-state index in [4.69, 9.17) is 9.47 Å². The highest BCUT2D eigenvalue weighted by atomic mass is 18.2. The summed E-state index contributed by atoms with van der Waals surface area (Å²) in [5.74, 6) is 0.992. The van der Waals surface area contributed by atoms with Crippen LogP contribution in [-0.2, 0) is 16.6 Å². The molecule has 0 saturated carbocycles. The van der Waals surface area contributed by atoms with Gasteiger partial charge in [0.05, 0.1) is 12.5 Å². The fourth-order valence-corrected chi connectivity index (χ4v) is 4.93. The first-order valence-corrected chi connectivity index (χ1v) is 7.82. The van der Waals surface area contributed by atoms with Crippen LogP contribution < -0.4 is 4.74 Å². The van der Waals surface area contributed by atoms with E-state index in [1.807, 2.05) is 12.1 Å². The fourth-order valence-electron chi connectivity index (χ4n) is 4.93. The van der Waals surface area contributed by atoms with Gasteiger partial charge >= 0.3 is 0 Å². The van der Waals surface area contributed by atoms with Gasteiger partial charge in [-0.15, -0.1) is 0 Å². The van der Waals surface area contributed by atoms with E-state index in [9.17, 15) is 4.39 Å². The molecule has 1 aromatic rings. The number of benzene rings is 1. The quantitative estimate of drug-likeness (QED) is 0.795. The Kier molecular flexibility index (Phi) is 2.27. The molecule has 4 heteroatoms. The summed E-state index contributed by atoms with van der Waals surface area (Å²) in [6.07, 6.45) is 5.83. The van der Waals surface area contributed by atoms with Gasteiger partial charge < -0.3 is 9.47 Å². The van der Waals surface area contributed by atoms with Gasteiger partial charge in [0.15, 0.2) is 17.7 Å². The van der Waals surface area contributed by atoms with Crippen molar-refractivity contribution in [3.63, 3.8) is 0 Å². The molecule has 1 aromatic carbocycles. The first-order chi connectivity index (χ1) is 10.7. The number of piperidine rings is 1. The average Bonchev–Trinajstić information content (AvgIpc) is 2.88. The number of methoxy groups -OCH3 is 1. The Morgan fingerprint density at radius 3 is 3.05 bits per heavy atom. The third-order valence-corrected chi connectivity index (χ3v) is 5.92. The second-order valence-electron chi connectivity index (χ2n) is 6.73. The van der Waals surface area contributed by atoms with Gasteiger partial charge in [-0.3, -0.25) is 4.90 Å². The third kappa shape index (κ3) is 1.23. The van der Waals surface area contributed by atoms with Crippen LogP contribution in [0.2, 0.25) is 0 Å². The van der Waals surface area contributed by atoms with E-state index in [0.29, 0.717) is 11.8 Å². The number of likely N-dealkylation sites (N-methyl/N-ethyl adjacent to an activating group) is 1. The van der Waals surface area contributed by atoms with E-state index in [-0.39, 0.29) is 17.3 Å². The molecule has 0 unspecified atom stereocenters. The average molecular weight is 298 g/mol. The van der Waals surface area contributed by atoms with Gasteiger partial charge in [0, 0.05) is 11.6 Å². The van der Waals surface area contributed by atoms with E-state index < -0.39 is 0 Å². The van der Waals surface area contributed by atoms with Crippen LogP contribution in [0.25, 0.3) is 0 Å². The maximum Gasteiger partial charge on any atom is 0.169 e. The molecule has 2 aliphatic heterocycles. The highest BCUT2D eigenvalue weighted by Gasteiger charge is 2.61. The van der Waals surface area contributed by atoms with Gasteiger partial charge in [0.1, 0.15) is 5.76 Å². The highest BCUT2D eigenvalue weighted by Crippen LogP contribution is 2.60. The molecule has 0 N–H and O–H groups in total. The summed E-state index contributed by atoms with van der Waals surface area (Å²) in [6.45, 7) is 0.994. The maximum absolute atomic E-state index is 14.4. The second kappa shape index (κ2) is 3.93. The zero-order valence-corrected chi connectivity index (χ0v) is 12.7. The van der Waals surface area contributed by atoms with Gasteiger partial charge in [0.25, 0.3) is 0 Å². The summed E-state index contributed by atoms with van der Waals surface area (Å²) in [5.41, 5.74) is 3.44. The summed E-state index contributed by atoms with van der Waals surface area (Å²) < 4.78 is 26.1. The predicted molar refractivity (Wildman–Crippen MR) is 80.4 cm³/mol. The molecule has 22 heavy (non-hydrogen) atoms. The highest BCUT2D eigenvalue weighted by molar-refractivity contribution is 5.64. The molecular weight excluding hydrogens is 280 g/mol. The van der Waals surface area contributed by atoms with Crippen molar-refractivity contribution in [3.8, 4) is 5.75 Å². The van der Waals surface area contributed by atoms with Crippen molar-refractivity contribution in [3.05, 3.63) is 52.6 Å². The number of nitrogens with zero attached hydrogens (tertiary/aromatic N) is 1. The summed E-state index contributed by atoms with van der Waals surface area (Å²) >= 11 is 0. The molecule has 5 rings (SSSR count). The summed E-state index contributed by atoms with van der Waals surface area (Å²) in [5, 5.41) is 0. The summed E-state index contributed by atoms with van der Waals surface area (Å²) in [6, 6.07) is 3.86. The van der Waals surface area contributed by atoms with Crippen LogP contribution in [-0.4, -0.2) is 37.7 Å². The standard InChI is InChI=1S/C18H18FNO2/c1-20-8-7-18-11-4-6-14(21-2)17(18)22-16-12(19)5-3-10(15(16)18)9-13(11)20/h3-6,13,17H,7-9H2,1-2H3/t13-,17+,18+/m1/s1/i19-1. The second-order valence-corrected chi connectivity index (χ2v) is 6.73. The molecule has 1 fully saturated rings. The SMILES string of the molecule is COC1=CC=C2[C@H]3Cc4ccc([18F])c5c4[C@@]2(CCN3C)[C@H]1O5. The minimum atomic E-state index is -0.255. The Hall–Kier alpha value is -1.81. The minimum Gasteiger partial charge on any atom is -0.497 e. The first kappa shape index (κ1) is 12.7. The lowest BCUT2D eigenvalue weighted by molar-refractivity contribution is 0.0731. The predicted octanol–water partition coefficient (Wildman–Crippen LogP) is 2.56. The van der Waals surface area contributed by atoms with Crippen molar-refractivity contribution in [2.75, 3.05) is 20.7 Å². The molecular formula is C18H18FNO2. The van der Waals surface area contributed by atoms with E-state index in [1.165, 1.54) is 11.1 Å². The van der Waals surface area contributed by atoms with Crippen LogP contribution in [0.3, 0.4) is 0 Å². The number of halogens is 1. The topological polar surface area (TPSA) is 21.7 Å². The van der Waals surface area contributed by atoms with Gasteiger partial charge in [-0.1, -0.05) is 12.1 Å². The van der Waals surface area contributed by atoms with Crippen molar-refractivity contribution in [1.29, 1.82) is 0 Å². The molecule has 0 amide bonds. The minimum absolute atomic E-state index is 0.223. The Bertz CT molecular complexity index is 754. The molecule has 4 aliphatic rings. The van der Waals surface area contributed by atoms with Crippen molar-refractivity contribution >= 4 is 0 Å². The fraction of sp³-hybridized carbons (Fsp3) is 0.444. The largest absolute Gasteiger partial charge is 0.497 e. The van der Waals surface area contributed by atoms with Crippen molar-refractivity contribution in [2.24, 2.45) is 0 Å². The van der Waals surface area contributed by atoms with Crippen LogP contribution in [0.5, 0.6) is 5.75 Å². The van der Waals surface area contributed by atoms with E-state index >= 15 is 0 Å². The van der Waals surface area contributed by atoms with Crippen molar-refractivity contribution in [1.82, 2.24) is 4.90 Å². The van der Waals surface area contributed by atoms with E-state index in [0.717, 1.165) is 30.7 Å². The monoisotopic (exact) mass is 298 g/mol. The molecule has 0 radical (unpaired) electrons. The van der Waals surface area contributed by atoms with Crippen LogP contribution in [0.15, 0.2) is 35.6 Å². The Balaban J connectivity index is 1.86. The van der Waals surface area contributed by atoms with Gasteiger partial charge in [0.2, 0.25) is 0 Å². The van der Waals surface area contributed by atoms with Crippen molar-refractivity contribution < 1.29 is 13.9 Å². The van der Waals surface area contributed by atoms with Crippen LogP contribution in [0, 0.1) is 5.82 Å². The van der Waals surface area contributed by atoms with Gasteiger partial charge in [-0.25, -0.2) is 4.39 Å². The zero-order chi connectivity index (χ0) is 15.1. The molecule has 3 nitrogen and oxygen atoms in total. The number of hydrogen-bond acceptors (Lipinski definition) is 3. The lowest BCUT2D eigenvalue weighted by atomic mass is 9.57. The zero-order valence-electron chi connectivity index (χ0n) is 12.7. The molecule has 114 valence electrons. The van der Waals surface area contributed by atoms with Gasteiger partial charge in [-0.2, -0.15) is 0 Å². The summed E-state index contributed by atoms with van der Waals surface area (Å²) in [4.78, 5) is 2.41.